The highest BCUT2D eigenvalue weighted by Crippen LogP contribution is 2.32. The zero-order valence-corrected chi connectivity index (χ0v) is 11.1. The zero-order valence-electron chi connectivity index (χ0n) is 10.4. The molecule has 1 aliphatic carbocycles. The summed E-state index contributed by atoms with van der Waals surface area (Å²) in [5, 5.41) is 14.5. The number of nitrogens with zero attached hydrogens (tertiary/aromatic N) is 1. The lowest BCUT2D eigenvalue weighted by Crippen LogP contribution is -2.12. The van der Waals surface area contributed by atoms with Crippen molar-refractivity contribution < 1.29 is 4.92 Å². The minimum absolute atomic E-state index is 0.0496. The summed E-state index contributed by atoms with van der Waals surface area (Å²) in [5.74, 6) is 1.40. The Kier molecular flexibility index (Phi) is 4.07. The van der Waals surface area contributed by atoms with Gasteiger partial charge >= 0.3 is 0 Å². The first kappa shape index (κ1) is 13.1. The van der Waals surface area contributed by atoms with Gasteiger partial charge in [-0.15, -0.1) is 0 Å². The lowest BCUT2D eigenvalue weighted by atomic mass is 10.1. The van der Waals surface area contributed by atoms with E-state index in [4.69, 9.17) is 11.6 Å². The van der Waals surface area contributed by atoms with Gasteiger partial charge in [0.1, 0.15) is 5.69 Å². The van der Waals surface area contributed by atoms with Crippen molar-refractivity contribution in [3.63, 3.8) is 0 Å². The molecule has 1 N–H and O–H groups in total. The zero-order chi connectivity index (χ0) is 13.1. The Bertz CT molecular complexity index is 451. The quantitative estimate of drug-likeness (QED) is 0.661. The standard InChI is InChI=1S/C13H17ClN2O2/c1-9-2-3-10(6-9)8-15-12-5-4-11(14)7-13(12)16(17)18/h4-5,7,9-10,15H,2-3,6,8H2,1H3. The number of hydrogen-bond donors (Lipinski definition) is 1. The van der Waals surface area contributed by atoms with E-state index >= 15 is 0 Å². The van der Waals surface area contributed by atoms with Crippen LogP contribution in [-0.4, -0.2) is 11.5 Å². The van der Waals surface area contributed by atoms with Gasteiger partial charge in [-0.2, -0.15) is 0 Å². The van der Waals surface area contributed by atoms with E-state index in [1.807, 2.05) is 0 Å². The molecule has 1 aromatic rings. The van der Waals surface area contributed by atoms with Gasteiger partial charge in [0, 0.05) is 17.6 Å². The van der Waals surface area contributed by atoms with Crippen molar-refractivity contribution in [2.24, 2.45) is 11.8 Å². The molecule has 0 saturated heterocycles. The van der Waals surface area contributed by atoms with E-state index in [0.29, 0.717) is 16.6 Å². The minimum Gasteiger partial charge on any atom is -0.379 e. The summed E-state index contributed by atoms with van der Waals surface area (Å²) in [4.78, 5) is 10.5. The molecule has 0 bridgehead atoms. The third-order valence-electron chi connectivity index (χ3n) is 3.54. The largest absolute Gasteiger partial charge is 0.379 e. The Balaban J connectivity index is 2.02. The topological polar surface area (TPSA) is 55.2 Å². The fourth-order valence-corrected chi connectivity index (χ4v) is 2.74. The molecule has 0 spiro atoms. The summed E-state index contributed by atoms with van der Waals surface area (Å²) in [6, 6.07) is 4.74. The molecule has 0 heterocycles. The normalized spacial score (nSPS) is 23.0. The first-order valence-electron chi connectivity index (χ1n) is 6.24. The smallest absolute Gasteiger partial charge is 0.293 e. The number of hydrogen-bond acceptors (Lipinski definition) is 3. The Morgan fingerprint density at radius 2 is 2.28 bits per heavy atom. The molecule has 2 atom stereocenters. The third-order valence-corrected chi connectivity index (χ3v) is 3.78. The molecule has 1 fully saturated rings. The maximum atomic E-state index is 10.9. The lowest BCUT2D eigenvalue weighted by molar-refractivity contribution is -0.383. The van der Waals surface area contributed by atoms with Crippen LogP contribution in [0.5, 0.6) is 0 Å². The molecule has 1 aliphatic rings. The Morgan fingerprint density at radius 1 is 1.50 bits per heavy atom. The average molecular weight is 269 g/mol. The van der Waals surface area contributed by atoms with E-state index in [-0.39, 0.29) is 5.69 Å². The highest BCUT2D eigenvalue weighted by molar-refractivity contribution is 6.30. The monoisotopic (exact) mass is 268 g/mol. The summed E-state index contributed by atoms with van der Waals surface area (Å²) in [7, 11) is 0. The van der Waals surface area contributed by atoms with Gasteiger partial charge in [-0.3, -0.25) is 10.1 Å². The second-order valence-electron chi connectivity index (χ2n) is 5.08. The first-order valence-corrected chi connectivity index (χ1v) is 6.62. The average Bonchev–Trinajstić information content (AvgIpc) is 2.73. The number of benzene rings is 1. The van der Waals surface area contributed by atoms with Crippen LogP contribution >= 0.6 is 11.6 Å². The number of nitro benzene ring substituents is 1. The maximum Gasteiger partial charge on any atom is 0.293 e. The third kappa shape index (κ3) is 3.13. The van der Waals surface area contributed by atoms with Crippen LogP contribution in [0.2, 0.25) is 5.02 Å². The van der Waals surface area contributed by atoms with Crippen LogP contribution in [0.1, 0.15) is 26.2 Å². The van der Waals surface area contributed by atoms with Crippen molar-refractivity contribution in [2.75, 3.05) is 11.9 Å². The van der Waals surface area contributed by atoms with Gasteiger partial charge in [-0.1, -0.05) is 24.9 Å². The molecule has 1 aromatic carbocycles. The van der Waals surface area contributed by atoms with Crippen molar-refractivity contribution in [1.82, 2.24) is 0 Å². The Morgan fingerprint density at radius 3 is 2.89 bits per heavy atom. The van der Waals surface area contributed by atoms with Crippen LogP contribution < -0.4 is 5.32 Å². The highest BCUT2D eigenvalue weighted by Gasteiger charge is 2.22. The van der Waals surface area contributed by atoms with E-state index in [2.05, 4.69) is 12.2 Å². The molecular formula is C13H17ClN2O2. The Labute approximate surface area is 111 Å². The maximum absolute atomic E-state index is 10.9. The second kappa shape index (κ2) is 5.57. The van der Waals surface area contributed by atoms with Gasteiger partial charge in [-0.05, 0) is 36.8 Å². The minimum atomic E-state index is -0.397. The number of halogens is 1. The fraction of sp³-hybridized carbons (Fsp3) is 0.538. The van der Waals surface area contributed by atoms with Gasteiger partial charge < -0.3 is 5.32 Å². The molecule has 4 nitrogen and oxygen atoms in total. The van der Waals surface area contributed by atoms with Crippen molar-refractivity contribution >= 4 is 23.0 Å². The molecule has 98 valence electrons. The molecule has 2 rings (SSSR count). The number of nitro groups is 1. The number of nitrogens with one attached hydrogen (secondary N) is 1. The molecule has 0 amide bonds. The molecule has 18 heavy (non-hydrogen) atoms. The van der Waals surface area contributed by atoms with Gasteiger partial charge in [0.05, 0.1) is 4.92 Å². The van der Waals surface area contributed by atoms with E-state index in [1.54, 1.807) is 12.1 Å². The van der Waals surface area contributed by atoms with Crippen molar-refractivity contribution in [2.45, 2.75) is 26.2 Å². The molecule has 0 aromatic heterocycles. The van der Waals surface area contributed by atoms with Crippen LogP contribution in [-0.2, 0) is 0 Å². The summed E-state index contributed by atoms with van der Waals surface area (Å²) in [5.41, 5.74) is 0.609. The first-order chi connectivity index (χ1) is 8.56. The summed E-state index contributed by atoms with van der Waals surface area (Å²) >= 11 is 5.78. The van der Waals surface area contributed by atoms with Gasteiger partial charge in [-0.25, -0.2) is 0 Å². The summed E-state index contributed by atoms with van der Waals surface area (Å²) in [6.07, 6.45) is 3.67. The summed E-state index contributed by atoms with van der Waals surface area (Å²) < 4.78 is 0. The van der Waals surface area contributed by atoms with E-state index in [9.17, 15) is 10.1 Å². The van der Waals surface area contributed by atoms with Crippen LogP contribution in [0.4, 0.5) is 11.4 Å². The SMILES string of the molecule is CC1CCC(CNc2ccc(Cl)cc2[N+](=O)[O-])C1. The predicted octanol–water partition coefficient (Wildman–Crippen LogP) is 4.10. The molecule has 0 aliphatic heterocycles. The highest BCUT2D eigenvalue weighted by atomic mass is 35.5. The van der Waals surface area contributed by atoms with Crippen LogP contribution in [0.3, 0.4) is 0 Å². The van der Waals surface area contributed by atoms with E-state index in [0.717, 1.165) is 12.5 Å². The van der Waals surface area contributed by atoms with Crippen LogP contribution in [0.25, 0.3) is 0 Å². The van der Waals surface area contributed by atoms with Gasteiger partial charge in [0.15, 0.2) is 0 Å². The predicted molar refractivity (Wildman–Crippen MR) is 73.1 cm³/mol. The fourth-order valence-electron chi connectivity index (χ4n) is 2.57. The number of anilines is 1. The van der Waals surface area contributed by atoms with Crippen molar-refractivity contribution in [3.05, 3.63) is 33.3 Å². The van der Waals surface area contributed by atoms with E-state index in [1.165, 1.54) is 25.3 Å². The van der Waals surface area contributed by atoms with Crippen molar-refractivity contribution in [1.29, 1.82) is 0 Å². The molecule has 1 saturated carbocycles. The molecular weight excluding hydrogens is 252 g/mol. The lowest BCUT2D eigenvalue weighted by Gasteiger charge is -2.12. The second-order valence-corrected chi connectivity index (χ2v) is 5.52. The Hall–Kier alpha value is -1.29. The summed E-state index contributed by atoms with van der Waals surface area (Å²) in [6.45, 7) is 3.05. The molecule has 0 radical (unpaired) electrons. The van der Waals surface area contributed by atoms with Crippen molar-refractivity contribution in [3.8, 4) is 0 Å². The van der Waals surface area contributed by atoms with Gasteiger partial charge in [0.2, 0.25) is 0 Å². The molecule has 5 heteroatoms. The van der Waals surface area contributed by atoms with E-state index < -0.39 is 4.92 Å². The van der Waals surface area contributed by atoms with Crippen LogP contribution in [0, 0.1) is 22.0 Å². The molecule has 2 unspecified atom stereocenters. The van der Waals surface area contributed by atoms with Gasteiger partial charge in [0.25, 0.3) is 5.69 Å². The number of rotatable bonds is 4. The van der Waals surface area contributed by atoms with Crippen LogP contribution in [0.15, 0.2) is 18.2 Å².